The van der Waals surface area contributed by atoms with Crippen molar-refractivity contribution < 1.29 is 0 Å². The average Bonchev–Trinajstić information content (AvgIpc) is 2.74. The Morgan fingerprint density at radius 3 is 3.12 bits per heavy atom. The lowest BCUT2D eigenvalue weighted by Crippen LogP contribution is -2.44. The summed E-state index contributed by atoms with van der Waals surface area (Å²) in [5.41, 5.74) is 0. The second kappa shape index (κ2) is 6.47. The van der Waals surface area contributed by atoms with Crippen molar-refractivity contribution in [2.45, 2.75) is 45.7 Å². The van der Waals surface area contributed by atoms with Crippen LogP contribution in [0.2, 0.25) is 0 Å². The molecule has 0 radical (unpaired) electrons. The molecule has 1 aromatic heterocycles. The summed E-state index contributed by atoms with van der Waals surface area (Å²) >= 11 is 1.83. The zero-order valence-electron chi connectivity index (χ0n) is 10.9. The van der Waals surface area contributed by atoms with E-state index in [2.05, 4.69) is 29.0 Å². The van der Waals surface area contributed by atoms with Crippen LogP contribution in [-0.2, 0) is 6.54 Å². The fourth-order valence-electron chi connectivity index (χ4n) is 2.49. The molecule has 1 aliphatic heterocycles. The summed E-state index contributed by atoms with van der Waals surface area (Å²) in [6.45, 7) is 8.80. The smallest absolute Gasteiger partial charge is 0.0897 e. The number of nitrogens with one attached hydrogen (secondary N) is 1. The molecule has 2 rings (SSSR count). The molecule has 17 heavy (non-hydrogen) atoms. The van der Waals surface area contributed by atoms with E-state index in [1.807, 2.05) is 17.5 Å². The van der Waals surface area contributed by atoms with E-state index in [1.54, 1.807) is 0 Å². The summed E-state index contributed by atoms with van der Waals surface area (Å²) in [6.07, 6.45) is 6.11. The fraction of sp³-hybridized carbons (Fsp3) is 0.769. The largest absolute Gasteiger partial charge is 0.315 e. The van der Waals surface area contributed by atoms with Crippen LogP contribution >= 0.6 is 11.3 Å². The van der Waals surface area contributed by atoms with Gasteiger partial charge in [-0.3, -0.25) is 4.90 Å². The number of hydrogen-bond donors (Lipinski definition) is 1. The predicted octanol–water partition coefficient (Wildman–Crippen LogP) is 2.42. The zero-order chi connectivity index (χ0) is 12.1. The summed E-state index contributed by atoms with van der Waals surface area (Å²) in [5.74, 6) is 0. The van der Waals surface area contributed by atoms with E-state index >= 15 is 0 Å². The molecule has 1 N–H and O–H groups in total. The van der Waals surface area contributed by atoms with Gasteiger partial charge in [0, 0.05) is 30.2 Å². The van der Waals surface area contributed by atoms with Crippen LogP contribution < -0.4 is 5.32 Å². The van der Waals surface area contributed by atoms with Gasteiger partial charge in [0.1, 0.15) is 0 Å². The molecule has 0 spiro atoms. The molecule has 0 bridgehead atoms. The lowest BCUT2D eigenvalue weighted by atomic mass is 10.0. The second-order valence-electron chi connectivity index (χ2n) is 4.77. The Morgan fingerprint density at radius 2 is 2.41 bits per heavy atom. The van der Waals surface area contributed by atoms with Gasteiger partial charge in [0.15, 0.2) is 0 Å². The number of nitrogens with zero attached hydrogens (tertiary/aromatic N) is 2. The molecule has 3 nitrogen and oxygen atoms in total. The van der Waals surface area contributed by atoms with Gasteiger partial charge in [-0.2, -0.15) is 0 Å². The number of likely N-dealkylation sites (tertiary alicyclic amines) is 1. The van der Waals surface area contributed by atoms with E-state index < -0.39 is 0 Å². The molecule has 1 atom stereocenters. The third-order valence-electron chi connectivity index (χ3n) is 3.41. The molecule has 96 valence electrons. The normalized spacial score (nSPS) is 21.9. The van der Waals surface area contributed by atoms with Crippen molar-refractivity contribution in [3.05, 3.63) is 16.1 Å². The first-order chi connectivity index (χ1) is 8.29. The van der Waals surface area contributed by atoms with Crippen molar-refractivity contribution in [3.63, 3.8) is 0 Å². The Hall–Kier alpha value is -0.450. The van der Waals surface area contributed by atoms with Crippen LogP contribution in [-0.4, -0.2) is 35.6 Å². The van der Waals surface area contributed by atoms with Crippen LogP contribution in [0.3, 0.4) is 0 Å². The molecule has 0 aliphatic carbocycles. The van der Waals surface area contributed by atoms with Crippen LogP contribution in [0.1, 0.15) is 36.1 Å². The monoisotopic (exact) mass is 253 g/mol. The van der Waals surface area contributed by atoms with E-state index in [4.69, 9.17) is 0 Å². The van der Waals surface area contributed by atoms with Crippen LogP contribution in [0.15, 0.2) is 6.20 Å². The first kappa shape index (κ1) is 13.0. The Bertz CT molecular complexity index is 337. The standard InChI is InChI=1S/C13H23N3S/c1-3-14-8-12-6-4-5-7-16(12)10-13-9-15-11(2)17-13/h9,12,14H,3-8,10H2,1-2H3. The maximum absolute atomic E-state index is 4.35. The Labute approximate surface area is 108 Å². The number of aryl methyl sites for hydroxylation is 1. The number of likely N-dealkylation sites (N-methyl/N-ethyl adjacent to an activating group) is 1. The van der Waals surface area contributed by atoms with Gasteiger partial charge in [0.25, 0.3) is 0 Å². The van der Waals surface area contributed by atoms with Crippen LogP contribution in [0, 0.1) is 6.92 Å². The van der Waals surface area contributed by atoms with Crippen molar-refractivity contribution in [3.8, 4) is 0 Å². The van der Waals surface area contributed by atoms with Gasteiger partial charge in [-0.1, -0.05) is 13.3 Å². The molecule has 0 aromatic carbocycles. The van der Waals surface area contributed by atoms with Gasteiger partial charge in [0.2, 0.25) is 0 Å². The number of piperidine rings is 1. The molecule has 0 amide bonds. The highest BCUT2D eigenvalue weighted by atomic mass is 32.1. The average molecular weight is 253 g/mol. The van der Waals surface area contributed by atoms with Gasteiger partial charge in [-0.15, -0.1) is 11.3 Å². The molecule has 1 fully saturated rings. The highest BCUT2D eigenvalue weighted by Gasteiger charge is 2.22. The topological polar surface area (TPSA) is 28.2 Å². The highest BCUT2D eigenvalue weighted by Crippen LogP contribution is 2.21. The Balaban J connectivity index is 1.91. The molecule has 0 saturated carbocycles. The summed E-state index contributed by atoms with van der Waals surface area (Å²) < 4.78 is 0. The maximum atomic E-state index is 4.35. The molecule has 2 heterocycles. The SMILES string of the molecule is CCNCC1CCCCN1Cc1cnc(C)s1. The van der Waals surface area contributed by atoms with E-state index in [-0.39, 0.29) is 0 Å². The minimum atomic E-state index is 0.714. The van der Waals surface area contributed by atoms with Crippen LogP contribution in [0.4, 0.5) is 0 Å². The van der Waals surface area contributed by atoms with Gasteiger partial charge in [-0.25, -0.2) is 4.98 Å². The minimum absolute atomic E-state index is 0.714. The lowest BCUT2D eigenvalue weighted by Gasteiger charge is -2.35. The molecular formula is C13H23N3S. The first-order valence-corrected chi connectivity index (χ1v) is 7.47. The van der Waals surface area contributed by atoms with Crippen molar-refractivity contribution in [1.29, 1.82) is 0 Å². The molecule has 1 saturated heterocycles. The highest BCUT2D eigenvalue weighted by molar-refractivity contribution is 7.11. The molecule has 4 heteroatoms. The van der Waals surface area contributed by atoms with Crippen LogP contribution in [0.25, 0.3) is 0 Å². The van der Waals surface area contributed by atoms with E-state index in [1.165, 1.54) is 35.7 Å². The van der Waals surface area contributed by atoms with E-state index in [0.717, 1.165) is 19.6 Å². The maximum Gasteiger partial charge on any atom is 0.0897 e. The van der Waals surface area contributed by atoms with Crippen molar-refractivity contribution in [2.75, 3.05) is 19.6 Å². The molecule has 1 unspecified atom stereocenters. The van der Waals surface area contributed by atoms with Crippen molar-refractivity contribution in [2.24, 2.45) is 0 Å². The first-order valence-electron chi connectivity index (χ1n) is 6.65. The third-order valence-corrected chi connectivity index (χ3v) is 4.30. The minimum Gasteiger partial charge on any atom is -0.315 e. The van der Waals surface area contributed by atoms with Crippen molar-refractivity contribution >= 4 is 11.3 Å². The van der Waals surface area contributed by atoms with Crippen molar-refractivity contribution in [1.82, 2.24) is 15.2 Å². The molecular weight excluding hydrogens is 230 g/mol. The van der Waals surface area contributed by atoms with Gasteiger partial charge in [-0.05, 0) is 32.9 Å². The van der Waals surface area contributed by atoms with Crippen LogP contribution in [0.5, 0.6) is 0 Å². The molecule has 1 aromatic rings. The van der Waals surface area contributed by atoms with Gasteiger partial charge >= 0.3 is 0 Å². The molecule has 1 aliphatic rings. The zero-order valence-corrected chi connectivity index (χ0v) is 11.7. The summed E-state index contributed by atoms with van der Waals surface area (Å²) in [5, 5.41) is 4.67. The quantitative estimate of drug-likeness (QED) is 0.873. The van der Waals surface area contributed by atoms with Gasteiger partial charge in [0.05, 0.1) is 5.01 Å². The van der Waals surface area contributed by atoms with E-state index in [0.29, 0.717) is 6.04 Å². The fourth-order valence-corrected chi connectivity index (χ4v) is 3.31. The Morgan fingerprint density at radius 1 is 1.53 bits per heavy atom. The number of aromatic nitrogens is 1. The second-order valence-corrected chi connectivity index (χ2v) is 6.09. The summed E-state index contributed by atoms with van der Waals surface area (Å²) in [4.78, 5) is 8.38. The summed E-state index contributed by atoms with van der Waals surface area (Å²) in [7, 11) is 0. The number of rotatable bonds is 5. The predicted molar refractivity (Wildman–Crippen MR) is 73.4 cm³/mol. The van der Waals surface area contributed by atoms with Gasteiger partial charge < -0.3 is 5.32 Å². The summed E-state index contributed by atoms with van der Waals surface area (Å²) in [6, 6.07) is 0.714. The number of thiazole rings is 1. The lowest BCUT2D eigenvalue weighted by molar-refractivity contribution is 0.139. The number of hydrogen-bond acceptors (Lipinski definition) is 4. The Kier molecular flexibility index (Phi) is 4.95. The van der Waals surface area contributed by atoms with E-state index in [9.17, 15) is 0 Å². The third kappa shape index (κ3) is 3.76.